The van der Waals surface area contributed by atoms with E-state index in [1.54, 1.807) is 20.6 Å². The first-order chi connectivity index (χ1) is 11.4. The molecule has 3 fully saturated rings. The Morgan fingerprint density at radius 3 is 2.50 bits per heavy atom. The minimum Gasteiger partial charge on any atom is -0.384 e. The predicted octanol–water partition coefficient (Wildman–Crippen LogP) is 0.534. The van der Waals surface area contributed by atoms with Gasteiger partial charge in [0, 0.05) is 53.5 Å². The topological polar surface area (TPSA) is 70.2 Å². The van der Waals surface area contributed by atoms with Gasteiger partial charge in [-0.3, -0.25) is 4.79 Å². The third kappa shape index (κ3) is 3.21. The summed E-state index contributed by atoms with van der Waals surface area (Å²) in [6.07, 6.45) is 4.09. The number of rotatable bonds is 4. The molecule has 3 aliphatic rings. The molecule has 0 radical (unpaired) electrons. The first kappa shape index (κ1) is 18.1. The predicted molar refractivity (Wildman–Crippen MR) is 90.6 cm³/mol. The highest BCUT2D eigenvalue weighted by molar-refractivity contribution is 7.86. The molecule has 0 aromatic rings. The van der Waals surface area contributed by atoms with Crippen LogP contribution in [0, 0.1) is 11.3 Å². The summed E-state index contributed by atoms with van der Waals surface area (Å²) in [4.78, 5) is 14.3. The second kappa shape index (κ2) is 6.90. The Balaban J connectivity index is 1.65. The fourth-order valence-corrected chi connectivity index (χ4v) is 6.11. The van der Waals surface area contributed by atoms with Crippen LogP contribution in [0.3, 0.4) is 0 Å². The zero-order valence-corrected chi connectivity index (χ0v) is 15.6. The molecule has 3 heterocycles. The van der Waals surface area contributed by atoms with Crippen molar-refractivity contribution in [1.82, 2.24) is 13.5 Å². The lowest BCUT2D eigenvalue weighted by atomic mass is 9.78. The third-order valence-electron chi connectivity index (χ3n) is 5.90. The molecule has 24 heavy (non-hydrogen) atoms. The van der Waals surface area contributed by atoms with Gasteiger partial charge in [0.25, 0.3) is 10.2 Å². The molecule has 8 heteroatoms. The number of nitrogens with zero attached hydrogens (tertiary/aromatic N) is 3. The van der Waals surface area contributed by atoms with Crippen molar-refractivity contribution in [2.24, 2.45) is 11.3 Å². The fourth-order valence-electron chi connectivity index (χ4n) is 4.38. The lowest BCUT2D eigenvalue weighted by Gasteiger charge is -2.38. The fraction of sp³-hybridized carbons (Fsp3) is 0.938. The lowest BCUT2D eigenvalue weighted by Crippen LogP contribution is -2.51. The number of amides is 1. The third-order valence-corrected chi connectivity index (χ3v) is 7.88. The van der Waals surface area contributed by atoms with Crippen LogP contribution in [0.25, 0.3) is 0 Å². The van der Waals surface area contributed by atoms with Crippen LogP contribution in [0.2, 0.25) is 0 Å². The Morgan fingerprint density at radius 1 is 1.12 bits per heavy atom. The van der Waals surface area contributed by atoms with E-state index in [-0.39, 0.29) is 5.91 Å². The number of ether oxygens (including phenoxy) is 1. The SMILES string of the molecule is COCC1CCN(S(=O)(=O)N2CC[C@@]3(CCCN(C)C3=O)C2)CC1. The van der Waals surface area contributed by atoms with E-state index < -0.39 is 15.6 Å². The Kier molecular flexibility index (Phi) is 5.20. The molecule has 138 valence electrons. The number of carbonyl (C=O) groups is 1. The van der Waals surface area contributed by atoms with Gasteiger partial charge in [-0.05, 0) is 38.0 Å². The van der Waals surface area contributed by atoms with Gasteiger partial charge in [-0.25, -0.2) is 0 Å². The van der Waals surface area contributed by atoms with Crippen molar-refractivity contribution in [2.75, 3.05) is 53.5 Å². The summed E-state index contributed by atoms with van der Waals surface area (Å²) in [7, 11) is 0.0447. The first-order valence-electron chi connectivity index (χ1n) is 8.89. The van der Waals surface area contributed by atoms with Gasteiger partial charge in [-0.1, -0.05) is 0 Å². The summed E-state index contributed by atoms with van der Waals surface area (Å²) in [6.45, 7) is 3.37. The average Bonchev–Trinajstić information content (AvgIpc) is 2.99. The van der Waals surface area contributed by atoms with Crippen LogP contribution in [0.5, 0.6) is 0 Å². The van der Waals surface area contributed by atoms with Gasteiger partial charge in [0.05, 0.1) is 5.41 Å². The van der Waals surface area contributed by atoms with Gasteiger partial charge in [-0.2, -0.15) is 17.0 Å². The maximum atomic E-state index is 13.0. The molecule has 3 aliphatic heterocycles. The first-order valence-corrected chi connectivity index (χ1v) is 10.3. The van der Waals surface area contributed by atoms with Crippen molar-refractivity contribution in [3.8, 4) is 0 Å². The summed E-state index contributed by atoms with van der Waals surface area (Å²) >= 11 is 0. The second-order valence-corrected chi connectivity index (χ2v) is 9.43. The van der Waals surface area contributed by atoms with Crippen molar-refractivity contribution in [3.63, 3.8) is 0 Å². The van der Waals surface area contributed by atoms with E-state index >= 15 is 0 Å². The lowest BCUT2D eigenvalue weighted by molar-refractivity contribution is -0.143. The highest BCUT2D eigenvalue weighted by Crippen LogP contribution is 2.41. The number of carbonyl (C=O) groups excluding carboxylic acids is 1. The van der Waals surface area contributed by atoms with Crippen LogP contribution < -0.4 is 0 Å². The standard InChI is InChI=1S/C16H29N3O4S/c1-17-8-3-6-16(15(17)20)7-11-19(13-16)24(21,22)18-9-4-14(5-10-18)12-23-2/h14H,3-13H2,1-2H3/t16-/m0/s1. The van der Waals surface area contributed by atoms with Crippen LogP contribution in [0.15, 0.2) is 0 Å². The maximum Gasteiger partial charge on any atom is 0.282 e. The number of methoxy groups -OCH3 is 1. The Labute approximate surface area is 145 Å². The van der Waals surface area contributed by atoms with Crippen molar-refractivity contribution < 1.29 is 17.9 Å². The van der Waals surface area contributed by atoms with Crippen molar-refractivity contribution >= 4 is 16.1 Å². The smallest absolute Gasteiger partial charge is 0.282 e. The molecule has 0 saturated carbocycles. The normalized spacial score (nSPS) is 31.2. The van der Waals surface area contributed by atoms with Gasteiger partial charge < -0.3 is 9.64 Å². The van der Waals surface area contributed by atoms with Crippen LogP contribution in [-0.4, -0.2) is 81.3 Å². The van der Waals surface area contributed by atoms with Crippen molar-refractivity contribution in [1.29, 1.82) is 0 Å². The summed E-state index contributed by atoms with van der Waals surface area (Å²) in [6, 6.07) is 0. The molecule has 0 aromatic carbocycles. The molecule has 0 N–H and O–H groups in total. The molecule has 3 rings (SSSR count). The summed E-state index contributed by atoms with van der Waals surface area (Å²) in [5.41, 5.74) is -0.492. The molecular formula is C16H29N3O4S. The minimum absolute atomic E-state index is 0.116. The van der Waals surface area contributed by atoms with Crippen LogP contribution >= 0.6 is 0 Å². The van der Waals surface area contributed by atoms with Gasteiger partial charge in [0.1, 0.15) is 0 Å². The molecule has 0 aliphatic carbocycles. The van der Waals surface area contributed by atoms with Crippen molar-refractivity contribution in [2.45, 2.75) is 32.1 Å². The molecule has 0 bridgehead atoms. The van der Waals surface area contributed by atoms with E-state index in [1.807, 2.05) is 7.05 Å². The van der Waals surface area contributed by atoms with E-state index in [4.69, 9.17) is 4.74 Å². The quantitative estimate of drug-likeness (QED) is 0.734. The molecule has 0 aromatic heterocycles. The number of hydrogen-bond donors (Lipinski definition) is 0. The Morgan fingerprint density at radius 2 is 1.83 bits per heavy atom. The summed E-state index contributed by atoms with van der Waals surface area (Å²) in [5, 5.41) is 0. The molecule has 1 spiro atoms. The van der Waals surface area contributed by atoms with E-state index in [2.05, 4.69) is 0 Å². The molecule has 1 atom stereocenters. The molecule has 1 amide bonds. The van der Waals surface area contributed by atoms with Crippen LogP contribution in [0.1, 0.15) is 32.1 Å². The van der Waals surface area contributed by atoms with E-state index in [0.717, 1.165) is 32.2 Å². The zero-order valence-electron chi connectivity index (χ0n) is 14.7. The second-order valence-electron chi connectivity index (χ2n) is 7.50. The molecule has 7 nitrogen and oxygen atoms in total. The zero-order chi connectivity index (χ0) is 17.4. The Hall–Kier alpha value is -0.700. The Bertz CT molecular complexity index is 574. The highest BCUT2D eigenvalue weighted by Gasteiger charge is 2.51. The van der Waals surface area contributed by atoms with Gasteiger partial charge in [0.15, 0.2) is 0 Å². The highest BCUT2D eigenvalue weighted by atomic mass is 32.2. The molecular weight excluding hydrogens is 330 g/mol. The summed E-state index contributed by atoms with van der Waals surface area (Å²) < 4.78 is 34.2. The average molecular weight is 359 g/mol. The van der Waals surface area contributed by atoms with Gasteiger partial charge >= 0.3 is 0 Å². The van der Waals surface area contributed by atoms with Crippen LogP contribution in [0.4, 0.5) is 0 Å². The number of likely N-dealkylation sites (tertiary alicyclic amines) is 1. The van der Waals surface area contributed by atoms with E-state index in [1.165, 1.54) is 0 Å². The monoisotopic (exact) mass is 359 g/mol. The van der Waals surface area contributed by atoms with Gasteiger partial charge in [-0.15, -0.1) is 0 Å². The maximum absolute atomic E-state index is 13.0. The summed E-state index contributed by atoms with van der Waals surface area (Å²) in [5.74, 6) is 0.560. The number of hydrogen-bond acceptors (Lipinski definition) is 4. The molecule has 3 saturated heterocycles. The largest absolute Gasteiger partial charge is 0.384 e. The van der Waals surface area contributed by atoms with E-state index in [0.29, 0.717) is 45.1 Å². The minimum atomic E-state index is -3.46. The van der Waals surface area contributed by atoms with Crippen molar-refractivity contribution in [3.05, 3.63) is 0 Å². The molecule has 0 unspecified atom stereocenters. The van der Waals surface area contributed by atoms with Gasteiger partial charge in [0.2, 0.25) is 5.91 Å². The number of piperidine rings is 2. The van der Waals surface area contributed by atoms with Crippen LogP contribution in [-0.2, 0) is 19.7 Å². The van der Waals surface area contributed by atoms with E-state index in [9.17, 15) is 13.2 Å².